The molecule has 3 nitrogen and oxygen atoms in total. The third-order valence-electron chi connectivity index (χ3n) is 1.67. The van der Waals surface area contributed by atoms with Crippen LogP contribution < -0.4 is 0 Å². The zero-order chi connectivity index (χ0) is 8.39. The molecule has 0 saturated carbocycles. The average molecular weight is 157 g/mol. The highest BCUT2D eigenvalue weighted by Crippen LogP contribution is 2.03. The smallest absolute Gasteiger partial charge is 0.137 e. The van der Waals surface area contributed by atoms with Crippen molar-refractivity contribution in [2.24, 2.45) is 0 Å². The summed E-state index contributed by atoms with van der Waals surface area (Å²) in [7, 11) is 0. The van der Waals surface area contributed by atoms with Crippen LogP contribution in [0.15, 0.2) is 30.6 Å². The largest absolute Gasteiger partial charge is 0.307 e. The van der Waals surface area contributed by atoms with E-state index in [0.717, 1.165) is 11.3 Å². The second kappa shape index (κ2) is 2.67. The summed E-state index contributed by atoms with van der Waals surface area (Å²) in [6, 6.07) is 7.85. The predicted molar refractivity (Wildman–Crippen MR) is 44.5 cm³/mol. The summed E-state index contributed by atoms with van der Waals surface area (Å²) in [6.45, 7) is 0. The summed E-state index contributed by atoms with van der Waals surface area (Å²) in [5, 5.41) is 8.45. The van der Waals surface area contributed by atoms with Gasteiger partial charge in [0.1, 0.15) is 5.65 Å². The molecule has 0 saturated heterocycles. The van der Waals surface area contributed by atoms with Gasteiger partial charge in [0.15, 0.2) is 0 Å². The highest BCUT2D eigenvalue weighted by Gasteiger charge is 1.97. The third kappa shape index (κ3) is 1.04. The van der Waals surface area contributed by atoms with Crippen LogP contribution in [0.4, 0.5) is 0 Å². The first-order valence-electron chi connectivity index (χ1n) is 3.70. The van der Waals surface area contributed by atoms with Gasteiger partial charge in [-0.1, -0.05) is 6.07 Å². The minimum Gasteiger partial charge on any atom is -0.307 e. The molecule has 0 bridgehead atoms. The van der Waals surface area contributed by atoms with Gasteiger partial charge < -0.3 is 4.40 Å². The number of nitrogens with zero attached hydrogens (tertiary/aromatic N) is 3. The highest BCUT2D eigenvalue weighted by atomic mass is 15.0. The van der Waals surface area contributed by atoms with Gasteiger partial charge in [0, 0.05) is 12.4 Å². The average Bonchev–Trinajstić information content (AvgIpc) is 2.47. The van der Waals surface area contributed by atoms with Gasteiger partial charge in [-0.15, -0.1) is 0 Å². The first kappa shape index (κ1) is 6.86. The number of nitriles is 1. The third-order valence-corrected chi connectivity index (χ3v) is 1.67. The Morgan fingerprint density at radius 3 is 3.17 bits per heavy atom. The van der Waals surface area contributed by atoms with E-state index in [9.17, 15) is 0 Å². The number of hydrogen-bond acceptors (Lipinski definition) is 2. The lowest BCUT2D eigenvalue weighted by atomic mass is 10.4. The highest BCUT2D eigenvalue weighted by molar-refractivity contribution is 5.39. The Balaban J connectivity index is 2.56. The molecule has 3 heteroatoms. The number of pyridine rings is 1. The molecule has 58 valence electrons. The van der Waals surface area contributed by atoms with Gasteiger partial charge in [-0.2, -0.15) is 5.26 Å². The zero-order valence-corrected chi connectivity index (χ0v) is 6.44. The molecule has 0 N–H and O–H groups in total. The molecule has 0 spiro atoms. The molecular weight excluding hydrogens is 150 g/mol. The molecule has 0 radical (unpaired) electrons. The lowest BCUT2D eigenvalue weighted by Gasteiger charge is -1.86. The molecule has 2 aromatic rings. The number of aromatic nitrogens is 2. The molecule has 2 aromatic heterocycles. The van der Waals surface area contributed by atoms with Crippen LogP contribution in [0, 0.1) is 11.3 Å². The van der Waals surface area contributed by atoms with Crippen molar-refractivity contribution in [1.82, 2.24) is 9.38 Å². The number of imidazole rings is 1. The van der Waals surface area contributed by atoms with E-state index in [-0.39, 0.29) is 0 Å². The van der Waals surface area contributed by atoms with Crippen LogP contribution in [0.1, 0.15) is 5.69 Å². The summed E-state index contributed by atoms with van der Waals surface area (Å²) in [5.41, 5.74) is 1.71. The van der Waals surface area contributed by atoms with Gasteiger partial charge in [-0.25, -0.2) is 4.98 Å². The summed E-state index contributed by atoms with van der Waals surface area (Å²) >= 11 is 0. The molecule has 0 atom stereocenters. The topological polar surface area (TPSA) is 41.1 Å². The quantitative estimate of drug-likeness (QED) is 0.627. The molecule has 2 rings (SSSR count). The maximum absolute atomic E-state index is 8.45. The van der Waals surface area contributed by atoms with Gasteiger partial charge in [0.25, 0.3) is 0 Å². The first-order chi connectivity index (χ1) is 5.90. The Kier molecular flexibility index (Phi) is 1.52. The van der Waals surface area contributed by atoms with Crippen molar-refractivity contribution in [3.05, 3.63) is 36.3 Å². The summed E-state index contributed by atoms with van der Waals surface area (Å²) in [6.07, 6.45) is 4.17. The molecule has 0 aromatic carbocycles. The van der Waals surface area contributed by atoms with Gasteiger partial charge in [0.05, 0.1) is 18.2 Å². The van der Waals surface area contributed by atoms with Crippen LogP contribution >= 0.6 is 0 Å². The Morgan fingerprint density at radius 1 is 1.50 bits per heavy atom. The van der Waals surface area contributed by atoms with Gasteiger partial charge in [-0.05, 0) is 12.1 Å². The van der Waals surface area contributed by atoms with Crippen molar-refractivity contribution >= 4 is 5.65 Å². The second-order valence-electron chi connectivity index (χ2n) is 2.53. The molecule has 0 aliphatic carbocycles. The molecule has 12 heavy (non-hydrogen) atoms. The van der Waals surface area contributed by atoms with E-state index in [1.54, 1.807) is 0 Å². The molecule has 2 heterocycles. The Labute approximate surface area is 69.9 Å². The minimum atomic E-state index is 0.377. The molecule has 0 aliphatic heterocycles. The van der Waals surface area contributed by atoms with Gasteiger partial charge in [0.2, 0.25) is 0 Å². The van der Waals surface area contributed by atoms with E-state index >= 15 is 0 Å². The monoisotopic (exact) mass is 157 g/mol. The van der Waals surface area contributed by atoms with Crippen molar-refractivity contribution < 1.29 is 0 Å². The molecule has 0 unspecified atom stereocenters. The number of fused-ring (bicyclic) bond motifs is 1. The fraction of sp³-hybridized carbons (Fsp3) is 0.111. The summed E-state index contributed by atoms with van der Waals surface area (Å²) in [4.78, 5) is 4.24. The van der Waals surface area contributed by atoms with E-state index in [2.05, 4.69) is 11.1 Å². The van der Waals surface area contributed by atoms with Crippen LogP contribution in [-0.2, 0) is 6.42 Å². The van der Waals surface area contributed by atoms with Gasteiger partial charge >= 0.3 is 0 Å². The number of hydrogen-bond donors (Lipinski definition) is 0. The standard InChI is InChI=1S/C9H7N3/c10-5-4-8-7-12-6-2-1-3-9(12)11-8/h1-3,6-7H,4H2. The van der Waals surface area contributed by atoms with Crippen LogP contribution in [0.3, 0.4) is 0 Å². The predicted octanol–water partition coefficient (Wildman–Crippen LogP) is 1.40. The van der Waals surface area contributed by atoms with E-state index < -0.39 is 0 Å². The Hall–Kier alpha value is -1.82. The van der Waals surface area contributed by atoms with Crippen molar-refractivity contribution in [3.63, 3.8) is 0 Å². The zero-order valence-electron chi connectivity index (χ0n) is 6.44. The lowest BCUT2D eigenvalue weighted by molar-refractivity contribution is 1.16. The molecule has 0 amide bonds. The van der Waals surface area contributed by atoms with E-state index in [4.69, 9.17) is 5.26 Å². The van der Waals surface area contributed by atoms with Crippen molar-refractivity contribution in [3.8, 4) is 6.07 Å². The normalized spacial score (nSPS) is 9.92. The maximum Gasteiger partial charge on any atom is 0.137 e. The van der Waals surface area contributed by atoms with Crippen molar-refractivity contribution in [1.29, 1.82) is 5.26 Å². The minimum absolute atomic E-state index is 0.377. The van der Waals surface area contributed by atoms with E-state index in [0.29, 0.717) is 6.42 Å². The van der Waals surface area contributed by atoms with Crippen molar-refractivity contribution in [2.75, 3.05) is 0 Å². The van der Waals surface area contributed by atoms with Crippen LogP contribution in [0.25, 0.3) is 5.65 Å². The first-order valence-corrected chi connectivity index (χ1v) is 3.70. The Bertz CT molecular complexity index is 403. The Morgan fingerprint density at radius 2 is 2.42 bits per heavy atom. The maximum atomic E-state index is 8.45. The van der Waals surface area contributed by atoms with Crippen LogP contribution in [-0.4, -0.2) is 9.38 Å². The SMILES string of the molecule is N#CCc1cn2ccccc2n1. The molecule has 0 aliphatic rings. The number of rotatable bonds is 1. The summed E-state index contributed by atoms with van der Waals surface area (Å²) in [5.74, 6) is 0. The molecular formula is C9H7N3. The van der Waals surface area contributed by atoms with Crippen molar-refractivity contribution in [2.45, 2.75) is 6.42 Å². The fourth-order valence-corrected chi connectivity index (χ4v) is 1.15. The van der Waals surface area contributed by atoms with E-state index in [1.165, 1.54) is 0 Å². The van der Waals surface area contributed by atoms with Gasteiger partial charge in [-0.3, -0.25) is 0 Å². The van der Waals surface area contributed by atoms with E-state index in [1.807, 2.05) is 35.0 Å². The van der Waals surface area contributed by atoms with Crippen LogP contribution in [0.2, 0.25) is 0 Å². The second-order valence-corrected chi connectivity index (χ2v) is 2.53. The lowest BCUT2D eigenvalue weighted by Crippen LogP contribution is -1.77. The fourth-order valence-electron chi connectivity index (χ4n) is 1.15. The summed E-state index contributed by atoms with van der Waals surface area (Å²) < 4.78 is 1.91. The molecule has 0 fully saturated rings. The van der Waals surface area contributed by atoms with Crippen LogP contribution in [0.5, 0.6) is 0 Å².